The molecule has 0 atom stereocenters. The summed E-state index contributed by atoms with van der Waals surface area (Å²) in [5.74, 6) is -3.48. The lowest BCUT2D eigenvalue weighted by molar-refractivity contribution is 0.102. The number of benzene rings is 1. The topological polar surface area (TPSA) is 106 Å². The zero-order valence-corrected chi connectivity index (χ0v) is 10.8. The molecule has 9 heteroatoms. The Morgan fingerprint density at radius 2 is 2.14 bits per heavy atom. The molecule has 110 valence electrons. The number of nitrogens with zero attached hydrogens (tertiary/aromatic N) is 3. The summed E-state index contributed by atoms with van der Waals surface area (Å²) in [6, 6.07) is 3.24. The molecular weight excluding hydrogens is 284 g/mol. The van der Waals surface area contributed by atoms with Crippen LogP contribution in [-0.2, 0) is 7.05 Å². The van der Waals surface area contributed by atoms with Gasteiger partial charge in [-0.3, -0.25) is 9.48 Å². The molecule has 0 radical (unpaired) electrons. The number of hydrogen-bond acceptors (Lipinski definition) is 4. The molecule has 4 N–H and O–H groups in total. The highest BCUT2D eigenvalue weighted by molar-refractivity contribution is 6.09. The second-order valence-electron chi connectivity index (χ2n) is 4.07. The summed E-state index contributed by atoms with van der Waals surface area (Å²) in [5.41, 5.74) is 5.11. The van der Waals surface area contributed by atoms with Crippen molar-refractivity contribution >= 4 is 17.6 Å². The average molecular weight is 295 g/mol. The van der Waals surface area contributed by atoms with E-state index in [9.17, 15) is 13.6 Å². The molecule has 0 aliphatic rings. The predicted molar refractivity (Wildman–Crippen MR) is 70.0 cm³/mol. The molecule has 1 aromatic carbocycles. The van der Waals surface area contributed by atoms with Gasteiger partial charge in [0.15, 0.2) is 17.5 Å². The Morgan fingerprint density at radius 1 is 1.43 bits per heavy atom. The highest BCUT2D eigenvalue weighted by Gasteiger charge is 2.19. The predicted octanol–water partition coefficient (Wildman–Crippen LogP) is 1.05. The number of aromatic nitrogens is 2. The van der Waals surface area contributed by atoms with E-state index < -0.39 is 23.1 Å². The monoisotopic (exact) mass is 295 g/mol. The van der Waals surface area contributed by atoms with E-state index in [1.807, 2.05) is 0 Å². The Hall–Kier alpha value is -2.97. The van der Waals surface area contributed by atoms with Crippen molar-refractivity contribution in [3.63, 3.8) is 0 Å². The van der Waals surface area contributed by atoms with Gasteiger partial charge in [-0.1, -0.05) is 11.2 Å². The molecular formula is C12H11F2N5O2. The van der Waals surface area contributed by atoms with Crippen LogP contribution in [0.3, 0.4) is 0 Å². The summed E-state index contributed by atoms with van der Waals surface area (Å²) in [4.78, 5) is 12.0. The molecule has 0 saturated heterocycles. The van der Waals surface area contributed by atoms with Crippen molar-refractivity contribution in [1.82, 2.24) is 9.78 Å². The fraction of sp³-hybridized carbons (Fsp3) is 0.0833. The minimum atomic E-state index is -1.26. The van der Waals surface area contributed by atoms with Gasteiger partial charge in [0.1, 0.15) is 5.82 Å². The van der Waals surface area contributed by atoms with E-state index in [2.05, 4.69) is 15.6 Å². The van der Waals surface area contributed by atoms with E-state index in [1.165, 1.54) is 24.0 Å². The van der Waals surface area contributed by atoms with Crippen LogP contribution in [0.2, 0.25) is 0 Å². The Morgan fingerprint density at radius 3 is 2.81 bits per heavy atom. The van der Waals surface area contributed by atoms with Crippen LogP contribution in [0.25, 0.3) is 0 Å². The summed E-state index contributed by atoms with van der Waals surface area (Å²) in [5, 5.41) is 17.6. The van der Waals surface area contributed by atoms with E-state index in [-0.39, 0.29) is 17.2 Å². The maximum atomic E-state index is 13.6. The summed E-state index contributed by atoms with van der Waals surface area (Å²) in [6.45, 7) is 0. The van der Waals surface area contributed by atoms with Crippen LogP contribution in [0.4, 0.5) is 14.6 Å². The number of aryl methyl sites for hydroxylation is 1. The van der Waals surface area contributed by atoms with Gasteiger partial charge in [-0.2, -0.15) is 5.10 Å². The SMILES string of the molecule is Cn1ncc(C(N)=NO)c1NC(=O)c1cccc(F)c1F. The molecule has 0 bridgehead atoms. The normalized spacial score (nSPS) is 11.5. The summed E-state index contributed by atoms with van der Waals surface area (Å²) in [6.07, 6.45) is 1.26. The van der Waals surface area contributed by atoms with Gasteiger partial charge < -0.3 is 16.3 Å². The second-order valence-corrected chi connectivity index (χ2v) is 4.07. The van der Waals surface area contributed by atoms with E-state index in [0.29, 0.717) is 0 Å². The first kappa shape index (κ1) is 14.4. The Labute approximate surface area is 117 Å². The average Bonchev–Trinajstić information content (AvgIpc) is 2.82. The molecule has 1 aromatic heterocycles. The number of amidine groups is 1. The second kappa shape index (κ2) is 5.57. The lowest BCUT2D eigenvalue weighted by Gasteiger charge is -2.08. The first-order chi connectivity index (χ1) is 9.95. The van der Waals surface area contributed by atoms with E-state index in [0.717, 1.165) is 12.1 Å². The van der Waals surface area contributed by atoms with Crippen molar-refractivity contribution in [2.24, 2.45) is 17.9 Å². The molecule has 0 unspecified atom stereocenters. The lowest BCUT2D eigenvalue weighted by atomic mass is 10.2. The maximum absolute atomic E-state index is 13.6. The summed E-state index contributed by atoms with van der Waals surface area (Å²) in [7, 11) is 1.49. The number of amides is 1. The fourth-order valence-corrected chi connectivity index (χ4v) is 1.68. The Bertz CT molecular complexity index is 726. The van der Waals surface area contributed by atoms with E-state index in [1.54, 1.807) is 0 Å². The number of rotatable bonds is 3. The van der Waals surface area contributed by atoms with Gasteiger partial charge >= 0.3 is 0 Å². The number of nitrogens with one attached hydrogen (secondary N) is 1. The molecule has 2 rings (SSSR count). The molecule has 0 aliphatic carbocycles. The Balaban J connectivity index is 2.37. The smallest absolute Gasteiger partial charge is 0.259 e. The third-order valence-electron chi connectivity index (χ3n) is 2.75. The number of carbonyl (C=O) groups excluding carboxylic acids is 1. The zero-order chi connectivity index (χ0) is 15.6. The number of carbonyl (C=O) groups is 1. The number of anilines is 1. The number of nitrogens with two attached hydrogens (primary N) is 1. The van der Waals surface area contributed by atoms with Gasteiger partial charge in [0.2, 0.25) is 0 Å². The van der Waals surface area contributed by atoms with Gasteiger partial charge in [0, 0.05) is 7.05 Å². The quantitative estimate of drug-likeness (QED) is 0.340. The molecule has 0 aliphatic heterocycles. The highest BCUT2D eigenvalue weighted by Crippen LogP contribution is 2.17. The van der Waals surface area contributed by atoms with Crippen molar-refractivity contribution < 1.29 is 18.8 Å². The molecule has 1 heterocycles. The first-order valence-electron chi connectivity index (χ1n) is 5.71. The minimum Gasteiger partial charge on any atom is -0.409 e. The van der Waals surface area contributed by atoms with Gasteiger partial charge in [-0.25, -0.2) is 8.78 Å². The summed E-state index contributed by atoms with van der Waals surface area (Å²) < 4.78 is 27.9. The molecule has 7 nitrogen and oxygen atoms in total. The van der Waals surface area contributed by atoms with Crippen LogP contribution < -0.4 is 11.1 Å². The van der Waals surface area contributed by atoms with Crippen molar-refractivity contribution in [1.29, 1.82) is 0 Å². The third-order valence-corrected chi connectivity index (χ3v) is 2.75. The van der Waals surface area contributed by atoms with Gasteiger partial charge in [0.05, 0.1) is 17.3 Å². The fourth-order valence-electron chi connectivity index (χ4n) is 1.68. The maximum Gasteiger partial charge on any atom is 0.259 e. The zero-order valence-electron chi connectivity index (χ0n) is 10.8. The highest BCUT2D eigenvalue weighted by atomic mass is 19.2. The van der Waals surface area contributed by atoms with Crippen LogP contribution >= 0.6 is 0 Å². The molecule has 0 saturated carbocycles. The van der Waals surface area contributed by atoms with Crippen LogP contribution in [0.1, 0.15) is 15.9 Å². The molecule has 0 fully saturated rings. The largest absolute Gasteiger partial charge is 0.409 e. The van der Waals surface area contributed by atoms with Crippen molar-refractivity contribution in [2.45, 2.75) is 0 Å². The van der Waals surface area contributed by atoms with Gasteiger partial charge in [0.25, 0.3) is 5.91 Å². The third kappa shape index (κ3) is 2.66. The van der Waals surface area contributed by atoms with Crippen molar-refractivity contribution in [2.75, 3.05) is 5.32 Å². The number of hydrogen-bond donors (Lipinski definition) is 3. The van der Waals surface area contributed by atoms with Crippen LogP contribution in [0.5, 0.6) is 0 Å². The minimum absolute atomic E-state index is 0.0824. The van der Waals surface area contributed by atoms with Crippen molar-refractivity contribution in [3.8, 4) is 0 Å². The number of halogens is 2. The van der Waals surface area contributed by atoms with Crippen LogP contribution in [0, 0.1) is 11.6 Å². The standard InChI is InChI=1S/C12H11F2N5O2/c1-19-11(7(5-16-19)10(15)18-21)17-12(20)6-3-2-4-8(13)9(6)14/h2-5,21H,1H3,(H2,15,18)(H,17,20). The molecule has 21 heavy (non-hydrogen) atoms. The number of oxime groups is 1. The van der Waals surface area contributed by atoms with E-state index in [4.69, 9.17) is 10.9 Å². The molecule has 0 spiro atoms. The van der Waals surface area contributed by atoms with Gasteiger partial charge in [-0.15, -0.1) is 0 Å². The van der Waals surface area contributed by atoms with Gasteiger partial charge in [-0.05, 0) is 12.1 Å². The molecule has 1 amide bonds. The van der Waals surface area contributed by atoms with E-state index >= 15 is 0 Å². The van der Waals surface area contributed by atoms with Crippen LogP contribution in [-0.4, -0.2) is 26.7 Å². The summed E-state index contributed by atoms with van der Waals surface area (Å²) >= 11 is 0. The first-order valence-corrected chi connectivity index (χ1v) is 5.71. The lowest BCUT2D eigenvalue weighted by Crippen LogP contribution is -2.21. The molecule has 2 aromatic rings. The Kier molecular flexibility index (Phi) is 3.83. The van der Waals surface area contributed by atoms with Crippen LogP contribution in [0.15, 0.2) is 29.6 Å². The van der Waals surface area contributed by atoms with Crippen molar-refractivity contribution in [3.05, 3.63) is 47.2 Å².